The van der Waals surface area contributed by atoms with Crippen molar-refractivity contribution in [1.82, 2.24) is 0 Å². The van der Waals surface area contributed by atoms with Gasteiger partial charge in [0.15, 0.2) is 15.6 Å². The fourth-order valence-corrected chi connectivity index (χ4v) is 1.76. The molecule has 1 atom stereocenters. The predicted molar refractivity (Wildman–Crippen MR) is 53.5 cm³/mol. The summed E-state index contributed by atoms with van der Waals surface area (Å²) in [5.74, 6) is -0.609. The van der Waals surface area contributed by atoms with E-state index in [0.717, 1.165) is 6.26 Å². The maximum atomic E-state index is 11.1. The van der Waals surface area contributed by atoms with Crippen LogP contribution in [-0.4, -0.2) is 33.2 Å². The Morgan fingerprint density at radius 2 is 2.14 bits per heavy atom. The molecule has 1 aliphatic rings. The van der Waals surface area contributed by atoms with Crippen LogP contribution in [0.5, 0.6) is 0 Å². The minimum Gasteiger partial charge on any atom is -0.348 e. The van der Waals surface area contributed by atoms with Crippen molar-refractivity contribution in [2.24, 2.45) is 0 Å². The maximum Gasteiger partial charge on any atom is 0.171 e. The van der Waals surface area contributed by atoms with Gasteiger partial charge in [-0.25, -0.2) is 8.42 Å². The Kier molecular flexibility index (Phi) is 3.04. The van der Waals surface area contributed by atoms with Gasteiger partial charge in [0, 0.05) is 17.6 Å². The molecule has 0 spiro atoms. The molecule has 82 valence electrons. The molecule has 5 heteroatoms. The van der Waals surface area contributed by atoms with Gasteiger partial charge in [-0.05, 0) is 13.8 Å². The lowest BCUT2D eigenvalue weighted by atomic mass is 10.3. The van der Waals surface area contributed by atoms with Gasteiger partial charge in [0.2, 0.25) is 0 Å². The summed E-state index contributed by atoms with van der Waals surface area (Å²) < 4.78 is 32.9. The zero-order valence-corrected chi connectivity index (χ0v) is 9.56. The Labute approximate surface area is 84.8 Å². The molecule has 0 amide bonds. The van der Waals surface area contributed by atoms with Crippen LogP contribution in [0.15, 0.2) is 11.5 Å². The predicted octanol–water partition coefficient (Wildman–Crippen LogP) is 1.09. The number of rotatable bonds is 3. The third kappa shape index (κ3) is 3.08. The summed E-state index contributed by atoms with van der Waals surface area (Å²) in [7, 11) is -3.16. The second-order valence-electron chi connectivity index (χ2n) is 3.97. The molecule has 0 unspecified atom stereocenters. The van der Waals surface area contributed by atoms with Crippen molar-refractivity contribution in [2.75, 3.05) is 12.9 Å². The lowest BCUT2D eigenvalue weighted by Gasteiger charge is -2.17. The third-order valence-electron chi connectivity index (χ3n) is 2.05. The van der Waals surface area contributed by atoms with Crippen molar-refractivity contribution >= 4 is 9.84 Å². The van der Waals surface area contributed by atoms with Crippen LogP contribution >= 0.6 is 0 Å². The number of ether oxygens (including phenoxy) is 2. The topological polar surface area (TPSA) is 52.6 Å². The first-order valence-corrected chi connectivity index (χ1v) is 6.29. The molecule has 0 N–H and O–H groups in total. The first-order chi connectivity index (χ1) is 6.21. The quantitative estimate of drug-likeness (QED) is 0.714. The minimum absolute atomic E-state index is 0.198. The Bertz CT molecular complexity index is 329. The van der Waals surface area contributed by atoms with Crippen LogP contribution in [0.4, 0.5) is 0 Å². The normalized spacial score (nSPS) is 26.4. The van der Waals surface area contributed by atoms with E-state index >= 15 is 0 Å². The van der Waals surface area contributed by atoms with Gasteiger partial charge in [0.1, 0.15) is 0 Å². The van der Waals surface area contributed by atoms with Gasteiger partial charge >= 0.3 is 0 Å². The molecule has 0 aromatic rings. The summed E-state index contributed by atoms with van der Waals surface area (Å²) in [6.45, 7) is 7.54. The van der Waals surface area contributed by atoms with Crippen molar-refractivity contribution in [3.8, 4) is 0 Å². The Balaban J connectivity index is 2.53. The second-order valence-corrected chi connectivity index (χ2v) is 6.09. The van der Waals surface area contributed by atoms with E-state index in [2.05, 4.69) is 6.58 Å². The summed E-state index contributed by atoms with van der Waals surface area (Å²) in [4.78, 5) is 0.198. The van der Waals surface area contributed by atoms with Crippen LogP contribution in [0.2, 0.25) is 0 Å². The van der Waals surface area contributed by atoms with Crippen molar-refractivity contribution in [3.63, 3.8) is 0 Å². The zero-order valence-electron chi connectivity index (χ0n) is 8.74. The summed E-state index contributed by atoms with van der Waals surface area (Å²) in [5.41, 5.74) is 0. The van der Waals surface area contributed by atoms with E-state index in [1.54, 1.807) is 13.8 Å². The number of sulfone groups is 1. The van der Waals surface area contributed by atoms with Crippen molar-refractivity contribution in [3.05, 3.63) is 11.5 Å². The summed E-state index contributed by atoms with van der Waals surface area (Å²) in [5, 5.41) is 0. The number of hydrogen-bond acceptors (Lipinski definition) is 4. The van der Waals surface area contributed by atoms with Gasteiger partial charge in [-0.3, -0.25) is 0 Å². The smallest absolute Gasteiger partial charge is 0.171 e. The van der Waals surface area contributed by atoms with Gasteiger partial charge in [-0.1, -0.05) is 6.58 Å². The summed E-state index contributed by atoms with van der Waals surface area (Å²) in [6.07, 6.45) is 1.26. The van der Waals surface area contributed by atoms with Crippen molar-refractivity contribution in [1.29, 1.82) is 0 Å². The molecule has 1 heterocycles. The molecule has 1 rings (SSSR count). The van der Waals surface area contributed by atoms with Crippen molar-refractivity contribution in [2.45, 2.75) is 32.2 Å². The lowest BCUT2D eigenvalue weighted by Crippen LogP contribution is -2.22. The summed E-state index contributed by atoms with van der Waals surface area (Å²) in [6, 6.07) is 0. The second kappa shape index (κ2) is 3.64. The molecule has 1 saturated heterocycles. The lowest BCUT2D eigenvalue weighted by molar-refractivity contribution is -0.137. The highest BCUT2D eigenvalue weighted by Gasteiger charge is 2.33. The van der Waals surface area contributed by atoms with E-state index in [1.165, 1.54) is 0 Å². The monoisotopic (exact) mass is 220 g/mol. The largest absolute Gasteiger partial charge is 0.348 e. The van der Waals surface area contributed by atoms with Gasteiger partial charge in [-0.15, -0.1) is 0 Å². The molecule has 0 saturated carbocycles. The molecular formula is C9H16O4S. The first kappa shape index (κ1) is 11.7. The fourth-order valence-electron chi connectivity index (χ4n) is 1.27. The van der Waals surface area contributed by atoms with Gasteiger partial charge in [0.25, 0.3) is 0 Å². The average molecular weight is 220 g/mol. The molecule has 1 aliphatic heterocycles. The van der Waals surface area contributed by atoms with E-state index in [1.807, 2.05) is 0 Å². The standard InChI is InChI=1S/C9H16O4S/c1-7(14(4,10)11)5-8-6-12-9(2,3)13-8/h8H,1,5-6H2,2-4H3/t8-/m0/s1. The number of hydrogen-bond donors (Lipinski definition) is 0. The van der Waals surface area contributed by atoms with Gasteiger partial charge < -0.3 is 9.47 Å². The van der Waals surface area contributed by atoms with Crippen LogP contribution in [0.3, 0.4) is 0 Å². The SMILES string of the molecule is C=C(C[C@H]1COC(C)(C)O1)S(C)(=O)=O. The molecule has 0 bridgehead atoms. The highest BCUT2D eigenvalue weighted by molar-refractivity contribution is 7.94. The molecule has 0 aromatic carbocycles. The molecule has 14 heavy (non-hydrogen) atoms. The van der Waals surface area contributed by atoms with Crippen LogP contribution in [0, 0.1) is 0 Å². The minimum atomic E-state index is -3.16. The van der Waals surface area contributed by atoms with E-state index in [-0.39, 0.29) is 11.0 Å². The molecule has 0 radical (unpaired) electrons. The van der Waals surface area contributed by atoms with E-state index < -0.39 is 15.6 Å². The fraction of sp³-hybridized carbons (Fsp3) is 0.778. The average Bonchev–Trinajstić information content (AvgIpc) is 2.28. The van der Waals surface area contributed by atoms with Crippen LogP contribution in [0.25, 0.3) is 0 Å². The summed E-state index contributed by atoms with van der Waals surface area (Å²) >= 11 is 0. The van der Waals surface area contributed by atoms with Crippen LogP contribution in [-0.2, 0) is 19.3 Å². The first-order valence-electron chi connectivity index (χ1n) is 4.40. The third-order valence-corrected chi connectivity index (χ3v) is 3.26. The van der Waals surface area contributed by atoms with E-state index in [9.17, 15) is 8.42 Å². The highest BCUT2D eigenvalue weighted by Crippen LogP contribution is 2.26. The molecule has 0 aromatic heterocycles. The van der Waals surface area contributed by atoms with Crippen LogP contribution < -0.4 is 0 Å². The van der Waals surface area contributed by atoms with E-state index in [4.69, 9.17) is 9.47 Å². The van der Waals surface area contributed by atoms with Crippen molar-refractivity contribution < 1.29 is 17.9 Å². The molecular weight excluding hydrogens is 204 g/mol. The zero-order chi connectivity index (χ0) is 11.0. The Morgan fingerprint density at radius 3 is 2.50 bits per heavy atom. The highest BCUT2D eigenvalue weighted by atomic mass is 32.2. The maximum absolute atomic E-state index is 11.1. The molecule has 4 nitrogen and oxygen atoms in total. The Hall–Kier alpha value is -0.390. The molecule has 0 aliphatic carbocycles. The Morgan fingerprint density at radius 1 is 1.57 bits per heavy atom. The van der Waals surface area contributed by atoms with Gasteiger partial charge in [-0.2, -0.15) is 0 Å². The van der Waals surface area contributed by atoms with Crippen LogP contribution in [0.1, 0.15) is 20.3 Å². The van der Waals surface area contributed by atoms with E-state index in [0.29, 0.717) is 13.0 Å². The van der Waals surface area contributed by atoms with Gasteiger partial charge in [0.05, 0.1) is 12.7 Å². The molecule has 1 fully saturated rings.